The molecule has 5 heterocycles. The predicted molar refractivity (Wildman–Crippen MR) is 247 cm³/mol. The zero-order valence-electron chi connectivity index (χ0n) is 36.9. The van der Waals surface area contributed by atoms with Crippen LogP contribution < -0.4 is 19.4 Å². The quantitative estimate of drug-likeness (QED) is 0.0419. The van der Waals surface area contributed by atoms with E-state index in [0.717, 1.165) is 58.7 Å². The molecule has 0 radical (unpaired) electrons. The third kappa shape index (κ3) is 11.8. The molecule has 0 fully saturated rings. The molecule has 8 rings (SSSR count). The van der Waals surface area contributed by atoms with Gasteiger partial charge in [0.2, 0.25) is 0 Å². The SMILES string of the molecule is CCCCCCCCCCCCOc1cc2c3nc4nc(nc5nnc(nc6nc(nc([n-]3)c2cc1OCCCCCCCCCCCC)-c1ccccc1-6)[n-]5)-c1ccccc1-4.[Ni+2]. The minimum Gasteiger partial charge on any atom is -0.490 e. The fraction of sp³-hybridized carbons (Fsp3) is 0.480. The summed E-state index contributed by atoms with van der Waals surface area (Å²) >= 11 is 0. The van der Waals surface area contributed by atoms with Crippen molar-refractivity contribution in [1.29, 1.82) is 0 Å². The van der Waals surface area contributed by atoms with Gasteiger partial charge in [-0.1, -0.05) is 178 Å². The molecule has 8 bridgehead atoms. The minimum absolute atomic E-state index is 0. The summed E-state index contributed by atoms with van der Waals surface area (Å²) in [6, 6.07) is 19.8. The topological polar surface area (TPSA) is 150 Å². The molecule has 2 aliphatic heterocycles. The first-order valence-corrected chi connectivity index (χ1v) is 23.4. The summed E-state index contributed by atoms with van der Waals surface area (Å²) in [6.07, 6.45) is 25.3. The Balaban J connectivity index is 0.00000595. The summed E-state index contributed by atoms with van der Waals surface area (Å²) < 4.78 is 13.2. The van der Waals surface area contributed by atoms with Crippen LogP contribution in [0, 0.1) is 0 Å². The van der Waals surface area contributed by atoms with Crippen molar-refractivity contribution in [2.45, 2.75) is 142 Å². The van der Waals surface area contributed by atoms with Crippen LogP contribution in [0.4, 0.5) is 0 Å². The first-order chi connectivity index (χ1) is 30.7. The molecular weight excluding hydrogens is 831 g/mol. The van der Waals surface area contributed by atoms with Crippen molar-refractivity contribution < 1.29 is 26.0 Å². The number of unbranched alkanes of at least 4 members (excludes halogenated alkanes) is 18. The summed E-state index contributed by atoms with van der Waals surface area (Å²) in [5.41, 5.74) is 4.24. The molecule has 0 amide bonds. The van der Waals surface area contributed by atoms with Crippen molar-refractivity contribution in [1.82, 2.24) is 50.1 Å². The van der Waals surface area contributed by atoms with E-state index in [-0.39, 0.29) is 28.0 Å². The number of nitrogens with zero attached hydrogens (tertiary/aromatic N) is 10. The monoisotopic (exact) mass is 890 g/mol. The molecule has 0 N–H and O–H groups in total. The van der Waals surface area contributed by atoms with Gasteiger partial charge in [0, 0.05) is 33.5 Å². The number of hydrogen-bond acceptors (Lipinski definition) is 10. The fourth-order valence-corrected chi connectivity index (χ4v) is 8.33. The van der Waals surface area contributed by atoms with E-state index in [9.17, 15) is 0 Å². The van der Waals surface area contributed by atoms with E-state index in [0.29, 0.717) is 59.3 Å². The van der Waals surface area contributed by atoms with Gasteiger partial charge in [0.25, 0.3) is 0 Å². The van der Waals surface area contributed by atoms with Gasteiger partial charge in [-0.25, -0.2) is 20.2 Å². The van der Waals surface area contributed by atoms with Gasteiger partial charge in [-0.15, -0.1) is 0 Å². The smallest absolute Gasteiger partial charge is 0.490 e. The largest absolute Gasteiger partial charge is 2.00 e. The van der Waals surface area contributed by atoms with E-state index in [1.165, 1.54) is 103 Å². The van der Waals surface area contributed by atoms with Gasteiger partial charge in [-0.05, 0) is 35.7 Å². The van der Waals surface area contributed by atoms with Crippen LogP contribution in [-0.2, 0) is 16.5 Å². The average Bonchev–Trinajstić information content (AvgIpc) is 4.06. The van der Waals surface area contributed by atoms with E-state index in [4.69, 9.17) is 34.4 Å². The molecule has 3 aromatic carbocycles. The first kappa shape index (κ1) is 45.7. The van der Waals surface area contributed by atoms with Gasteiger partial charge in [-0.2, -0.15) is 0 Å². The summed E-state index contributed by atoms with van der Waals surface area (Å²) in [4.78, 5) is 38.9. The summed E-state index contributed by atoms with van der Waals surface area (Å²) in [6.45, 7) is 5.75. The molecular formula is C50H60N10NiO2. The maximum atomic E-state index is 6.60. The number of hydrogen-bond donors (Lipinski definition) is 0. The second-order valence-electron chi connectivity index (χ2n) is 16.6. The maximum Gasteiger partial charge on any atom is 2.00 e. The Bertz CT molecular complexity index is 2400. The summed E-state index contributed by atoms with van der Waals surface area (Å²) in [7, 11) is 0. The van der Waals surface area contributed by atoms with E-state index in [1.54, 1.807) is 0 Å². The molecule has 3 aromatic heterocycles. The van der Waals surface area contributed by atoms with Crippen LogP contribution in [0.3, 0.4) is 0 Å². The minimum atomic E-state index is 0. The molecule has 6 aromatic rings. The van der Waals surface area contributed by atoms with Gasteiger partial charge < -0.3 is 24.4 Å². The zero-order valence-corrected chi connectivity index (χ0v) is 37.9. The number of fused-ring (bicyclic) bond motifs is 17. The van der Waals surface area contributed by atoms with E-state index >= 15 is 0 Å². The molecule has 13 heteroatoms. The second kappa shape index (κ2) is 23.4. The number of aromatic nitrogens is 10. The maximum absolute atomic E-state index is 6.60. The van der Waals surface area contributed by atoms with Crippen molar-refractivity contribution in [3.8, 4) is 57.1 Å². The number of benzene rings is 3. The van der Waals surface area contributed by atoms with Crippen LogP contribution in [0.2, 0.25) is 0 Å². The van der Waals surface area contributed by atoms with Crippen LogP contribution in [0.15, 0.2) is 60.7 Å². The van der Waals surface area contributed by atoms with Crippen LogP contribution in [0.5, 0.6) is 11.5 Å². The summed E-state index contributed by atoms with van der Waals surface area (Å²) in [5.74, 6) is 3.52. The van der Waals surface area contributed by atoms with Crippen molar-refractivity contribution in [2.75, 3.05) is 13.2 Å². The zero-order chi connectivity index (χ0) is 42.4. The number of rotatable bonds is 24. The fourth-order valence-electron chi connectivity index (χ4n) is 8.33. The Morgan fingerprint density at radius 3 is 1.10 bits per heavy atom. The summed E-state index contributed by atoms with van der Waals surface area (Å²) in [5, 5.41) is 9.96. The third-order valence-electron chi connectivity index (χ3n) is 11.8. The molecule has 0 unspecified atom stereocenters. The average molecular weight is 892 g/mol. The van der Waals surface area contributed by atoms with Crippen molar-refractivity contribution in [3.05, 3.63) is 60.7 Å². The van der Waals surface area contributed by atoms with Crippen LogP contribution in [-0.4, -0.2) is 53.3 Å². The Labute approximate surface area is 381 Å². The molecule has 2 aliphatic rings. The third-order valence-corrected chi connectivity index (χ3v) is 11.8. The standard InChI is InChI=1S/C50H60N10O2.Ni/c1-3-5-7-9-11-13-15-17-19-25-31-61-41-33-39-40(34-42(41)62-32-26-20-18-16-14-12-10-8-6-4-2)48-54-44-36-28-22-24-30-38(36)46(52-44)57-50-58-49(59-60-50)56-45-37-29-23-21-27-35(37)43(51-45)53-47(39)55-48;/h21-24,27-30,33-34H,3-20,25-26,31-32H2,1-2H3;/q-2;+2. The number of ether oxygens (including phenoxy) is 2. The van der Waals surface area contributed by atoms with Gasteiger partial charge >= 0.3 is 16.5 Å². The Hall–Kier alpha value is -5.29. The molecule has 0 saturated carbocycles. The van der Waals surface area contributed by atoms with Crippen molar-refractivity contribution >= 4 is 33.6 Å². The molecule has 0 atom stereocenters. The van der Waals surface area contributed by atoms with E-state index in [1.807, 2.05) is 60.7 Å². The Morgan fingerprint density at radius 2 is 0.730 bits per heavy atom. The van der Waals surface area contributed by atoms with Gasteiger partial charge in [-0.3, -0.25) is 15.0 Å². The molecule has 0 aliphatic carbocycles. The van der Waals surface area contributed by atoms with Gasteiger partial charge in [0.05, 0.1) is 24.9 Å². The predicted octanol–water partition coefficient (Wildman–Crippen LogP) is 12.4. The molecule has 63 heavy (non-hydrogen) atoms. The second-order valence-corrected chi connectivity index (χ2v) is 16.6. The van der Waals surface area contributed by atoms with Crippen molar-refractivity contribution in [3.63, 3.8) is 0 Å². The molecule has 0 saturated heterocycles. The molecule has 332 valence electrons. The van der Waals surface area contributed by atoms with Crippen LogP contribution in [0.1, 0.15) is 142 Å². The van der Waals surface area contributed by atoms with E-state index in [2.05, 4.69) is 39.0 Å². The Kier molecular flexibility index (Phi) is 17.0. The van der Waals surface area contributed by atoms with Gasteiger partial charge in [0.15, 0.2) is 11.5 Å². The van der Waals surface area contributed by atoms with Crippen LogP contribution in [0.25, 0.3) is 79.2 Å². The van der Waals surface area contributed by atoms with E-state index < -0.39 is 0 Å². The van der Waals surface area contributed by atoms with Crippen molar-refractivity contribution in [2.24, 2.45) is 0 Å². The van der Waals surface area contributed by atoms with Crippen LogP contribution >= 0.6 is 0 Å². The molecule has 12 nitrogen and oxygen atoms in total. The van der Waals surface area contributed by atoms with Gasteiger partial charge in [0.1, 0.15) is 23.2 Å². The normalized spacial score (nSPS) is 11.7. The first-order valence-electron chi connectivity index (χ1n) is 23.4. The molecule has 0 spiro atoms. The Morgan fingerprint density at radius 1 is 0.397 bits per heavy atom.